The topological polar surface area (TPSA) is 88.2 Å². The minimum atomic E-state index is -0.725. The van der Waals surface area contributed by atoms with Gasteiger partial charge in [-0.1, -0.05) is 0 Å². The zero-order valence-corrected chi connectivity index (χ0v) is 13.1. The molecule has 1 saturated heterocycles. The van der Waals surface area contributed by atoms with Crippen molar-refractivity contribution in [2.75, 3.05) is 45.7 Å². The largest absolute Gasteiger partial charge is 0.493 e. The molecule has 8 nitrogen and oxygen atoms in total. The molecule has 8 heteroatoms. The van der Waals surface area contributed by atoms with Crippen molar-refractivity contribution in [3.8, 4) is 11.5 Å². The maximum atomic E-state index is 12.1. The van der Waals surface area contributed by atoms with Crippen molar-refractivity contribution >= 4 is 23.9 Å². The number of nitrogens with zero attached hydrogens (tertiary/aromatic N) is 2. The van der Waals surface area contributed by atoms with Crippen LogP contribution in [0.15, 0.2) is 18.2 Å². The summed E-state index contributed by atoms with van der Waals surface area (Å²) >= 11 is 0. The lowest BCUT2D eigenvalue weighted by Crippen LogP contribution is -2.51. The van der Waals surface area contributed by atoms with E-state index in [-0.39, 0.29) is 0 Å². The molecule has 1 heterocycles. The number of piperazine rings is 1. The van der Waals surface area contributed by atoms with E-state index in [4.69, 9.17) is 9.47 Å². The Kier molecular flexibility index (Phi) is 5.40. The first kappa shape index (κ1) is 16.6. The van der Waals surface area contributed by atoms with Gasteiger partial charge in [0.15, 0.2) is 11.5 Å². The van der Waals surface area contributed by atoms with Crippen molar-refractivity contribution in [1.82, 2.24) is 9.80 Å². The zero-order chi connectivity index (χ0) is 16.8. The molecule has 1 N–H and O–H groups in total. The second-order valence-electron chi connectivity index (χ2n) is 4.96. The van der Waals surface area contributed by atoms with Gasteiger partial charge in [-0.15, -0.1) is 0 Å². The van der Waals surface area contributed by atoms with E-state index in [9.17, 15) is 14.4 Å². The number of nitrogens with one attached hydrogen (secondary N) is 1. The molecule has 124 valence electrons. The number of hydrogen-bond acceptors (Lipinski definition) is 5. The van der Waals surface area contributed by atoms with Crippen LogP contribution >= 0.6 is 0 Å². The molecule has 1 aromatic carbocycles. The van der Waals surface area contributed by atoms with Crippen molar-refractivity contribution in [1.29, 1.82) is 0 Å². The van der Waals surface area contributed by atoms with Crippen LogP contribution in [0, 0.1) is 0 Å². The molecule has 1 fully saturated rings. The lowest BCUT2D eigenvalue weighted by Gasteiger charge is -2.31. The second kappa shape index (κ2) is 7.48. The molecule has 0 atom stereocenters. The van der Waals surface area contributed by atoms with Crippen LogP contribution in [0.2, 0.25) is 0 Å². The number of hydrogen-bond donors (Lipinski definition) is 1. The quantitative estimate of drug-likeness (QED) is 0.620. The van der Waals surface area contributed by atoms with E-state index in [2.05, 4.69) is 5.32 Å². The summed E-state index contributed by atoms with van der Waals surface area (Å²) in [6, 6.07) is 4.84. The van der Waals surface area contributed by atoms with Gasteiger partial charge in [-0.3, -0.25) is 14.4 Å². The first-order valence-corrected chi connectivity index (χ1v) is 7.10. The maximum absolute atomic E-state index is 12.1. The van der Waals surface area contributed by atoms with Gasteiger partial charge in [0.05, 0.1) is 14.2 Å². The number of methoxy groups -OCH3 is 2. The minimum Gasteiger partial charge on any atom is -0.493 e. The van der Waals surface area contributed by atoms with Gasteiger partial charge < -0.3 is 24.6 Å². The van der Waals surface area contributed by atoms with E-state index in [1.807, 2.05) is 0 Å². The van der Waals surface area contributed by atoms with Gasteiger partial charge >= 0.3 is 11.8 Å². The third-order valence-corrected chi connectivity index (χ3v) is 3.59. The number of carbonyl (C=O) groups is 3. The lowest BCUT2D eigenvalue weighted by atomic mass is 10.2. The summed E-state index contributed by atoms with van der Waals surface area (Å²) in [6.45, 7) is 1.55. The van der Waals surface area contributed by atoms with E-state index in [0.29, 0.717) is 43.4 Å². The van der Waals surface area contributed by atoms with Gasteiger partial charge in [0.1, 0.15) is 0 Å². The number of rotatable bonds is 4. The fraction of sp³-hybridized carbons (Fsp3) is 0.400. The molecule has 0 aromatic heterocycles. The fourth-order valence-electron chi connectivity index (χ4n) is 2.27. The van der Waals surface area contributed by atoms with Crippen molar-refractivity contribution in [3.63, 3.8) is 0 Å². The van der Waals surface area contributed by atoms with Crippen molar-refractivity contribution < 1.29 is 23.9 Å². The highest BCUT2D eigenvalue weighted by atomic mass is 16.5. The normalized spacial score (nSPS) is 14.2. The molecular weight excluding hydrogens is 302 g/mol. The molecule has 23 heavy (non-hydrogen) atoms. The summed E-state index contributed by atoms with van der Waals surface area (Å²) in [7, 11) is 3.00. The summed E-state index contributed by atoms with van der Waals surface area (Å²) < 4.78 is 10.3. The van der Waals surface area contributed by atoms with Crippen LogP contribution in [0.4, 0.5) is 5.69 Å². The highest BCUT2D eigenvalue weighted by Gasteiger charge is 2.25. The third-order valence-electron chi connectivity index (χ3n) is 3.59. The minimum absolute atomic E-state index is 0.344. The number of anilines is 1. The maximum Gasteiger partial charge on any atom is 0.313 e. The molecular formula is C15H19N3O5. The van der Waals surface area contributed by atoms with E-state index in [1.165, 1.54) is 19.1 Å². The first-order valence-electron chi connectivity index (χ1n) is 7.10. The summed E-state index contributed by atoms with van der Waals surface area (Å²) in [5.41, 5.74) is 0.438. The SMILES string of the molecule is COc1ccc(NC(=O)C(=O)N2CCN(C=O)CC2)cc1OC. The van der Waals surface area contributed by atoms with Crippen molar-refractivity contribution in [2.45, 2.75) is 0 Å². The van der Waals surface area contributed by atoms with Gasteiger partial charge in [0, 0.05) is 37.9 Å². The number of ether oxygens (including phenoxy) is 2. The van der Waals surface area contributed by atoms with Crippen LogP contribution in [0.5, 0.6) is 11.5 Å². The molecule has 0 saturated carbocycles. The lowest BCUT2D eigenvalue weighted by molar-refractivity contribution is -0.144. The molecule has 0 unspecified atom stereocenters. The summed E-state index contributed by atoms with van der Waals surface area (Å²) in [5, 5.41) is 2.54. The van der Waals surface area contributed by atoms with Crippen molar-refractivity contribution in [2.24, 2.45) is 0 Å². The van der Waals surface area contributed by atoms with Gasteiger partial charge in [0.25, 0.3) is 0 Å². The summed E-state index contributed by atoms with van der Waals surface area (Å²) in [5.74, 6) is -0.360. The van der Waals surface area contributed by atoms with Crippen LogP contribution in [0.3, 0.4) is 0 Å². The molecule has 0 aliphatic carbocycles. The molecule has 1 aliphatic rings. The second-order valence-corrected chi connectivity index (χ2v) is 4.96. The Labute approximate surface area is 133 Å². The Bertz CT molecular complexity index is 597. The smallest absolute Gasteiger partial charge is 0.313 e. The van der Waals surface area contributed by atoms with Gasteiger partial charge in [-0.2, -0.15) is 0 Å². The Morgan fingerprint density at radius 2 is 1.74 bits per heavy atom. The Balaban J connectivity index is 1.98. The average molecular weight is 321 g/mol. The van der Waals surface area contributed by atoms with Gasteiger partial charge in [0.2, 0.25) is 6.41 Å². The van der Waals surface area contributed by atoms with Crippen LogP contribution in [0.25, 0.3) is 0 Å². The summed E-state index contributed by atoms with van der Waals surface area (Å²) in [4.78, 5) is 37.8. The average Bonchev–Trinajstić information content (AvgIpc) is 2.60. The third kappa shape index (κ3) is 3.91. The van der Waals surface area contributed by atoms with E-state index < -0.39 is 11.8 Å². The number of benzene rings is 1. The molecule has 0 bridgehead atoms. The molecule has 2 rings (SSSR count). The Morgan fingerprint density at radius 3 is 2.30 bits per heavy atom. The number of carbonyl (C=O) groups excluding carboxylic acids is 3. The highest BCUT2D eigenvalue weighted by molar-refractivity contribution is 6.39. The Morgan fingerprint density at radius 1 is 1.09 bits per heavy atom. The van der Waals surface area contributed by atoms with Gasteiger partial charge in [-0.25, -0.2) is 0 Å². The van der Waals surface area contributed by atoms with Crippen LogP contribution < -0.4 is 14.8 Å². The predicted octanol–water partition coefficient (Wildman–Crippen LogP) is -0.0571. The predicted molar refractivity (Wildman–Crippen MR) is 82.4 cm³/mol. The van der Waals surface area contributed by atoms with Gasteiger partial charge in [-0.05, 0) is 12.1 Å². The standard InChI is InChI=1S/C15H19N3O5/c1-22-12-4-3-11(9-13(12)23-2)16-14(20)15(21)18-7-5-17(10-19)6-8-18/h3-4,9-10H,5-8H2,1-2H3,(H,16,20). The monoisotopic (exact) mass is 321 g/mol. The number of amides is 3. The van der Waals surface area contributed by atoms with E-state index in [0.717, 1.165) is 6.41 Å². The van der Waals surface area contributed by atoms with Crippen LogP contribution in [0.1, 0.15) is 0 Å². The Hall–Kier alpha value is -2.77. The molecule has 0 radical (unpaired) electrons. The van der Waals surface area contributed by atoms with Crippen LogP contribution in [-0.4, -0.2) is 68.4 Å². The van der Waals surface area contributed by atoms with Crippen molar-refractivity contribution in [3.05, 3.63) is 18.2 Å². The summed E-state index contributed by atoms with van der Waals surface area (Å²) in [6.07, 6.45) is 0.742. The molecule has 1 aromatic rings. The van der Waals surface area contributed by atoms with Crippen LogP contribution in [-0.2, 0) is 14.4 Å². The molecule has 1 aliphatic heterocycles. The van der Waals surface area contributed by atoms with E-state index in [1.54, 1.807) is 23.1 Å². The zero-order valence-electron chi connectivity index (χ0n) is 13.1. The first-order chi connectivity index (χ1) is 11.1. The molecule has 0 spiro atoms. The highest BCUT2D eigenvalue weighted by Crippen LogP contribution is 2.29. The molecule has 3 amide bonds. The van der Waals surface area contributed by atoms with E-state index >= 15 is 0 Å². The fourth-order valence-corrected chi connectivity index (χ4v) is 2.27.